The molecule has 0 bridgehead atoms. The zero-order valence-electron chi connectivity index (χ0n) is 24.8. The first-order valence-corrected chi connectivity index (χ1v) is 15.9. The summed E-state index contributed by atoms with van der Waals surface area (Å²) in [5, 5.41) is 13.7. The number of hydrogen-bond acceptors (Lipinski definition) is 7. The van der Waals surface area contributed by atoms with E-state index in [1.54, 1.807) is 37.6 Å². The molecule has 0 radical (unpaired) electrons. The molecular formula is C34H26N6O4S. The third-order valence-electron chi connectivity index (χ3n) is 8.12. The van der Waals surface area contributed by atoms with E-state index in [2.05, 4.69) is 16.4 Å². The summed E-state index contributed by atoms with van der Waals surface area (Å²) in [5.41, 5.74) is 7.03. The third kappa shape index (κ3) is 4.46. The predicted molar refractivity (Wildman–Crippen MR) is 175 cm³/mol. The Labute approximate surface area is 258 Å². The number of nitrogens with one attached hydrogen (secondary N) is 1. The number of pyridine rings is 1. The minimum absolute atomic E-state index is 0.330. The molecule has 10 nitrogen and oxygen atoms in total. The molecular weight excluding hydrogens is 588 g/mol. The smallest absolute Gasteiger partial charge is 0.255 e. The van der Waals surface area contributed by atoms with E-state index in [4.69, 9.17) is 9.40 Å². The molecule has 11 heteroatoms. The Morgan fingerprint density at radius 3 is 2.51 bits per heavy atom. The fourth-order valence-electron chi connectivity index (χ4n) is 5.70. The quantitative estimate of drug-likeness (QED) is 0.249. The van der Waals surface area contributed by atoms with E-state index in [1.807, 2.05) is 59.9 Å². The van der Waals surface area contributed by atoms with Crippen LogP contribution in [0.15, 0.2) is 83.5 Å². The molecule has 0 unspecified atom stereocenters. The Morgan fingerprint density at radius 1 is 1.02 bits per heavy atom. The molecule has 0 atom stereocenters. The Balaban J connectivity index is 1.54. The summed E-state index contributed by atoms with van der Waals surface area (Å²) >= 11 is 0. The van der Waals surface area contributed by atoms with Crippen molar-refractivity contribution in [3.8, 4) is 28.7 Å². The van der Waals surface area contributed by atoms with Crippen LogP contribution in [0.25, 0.3) is 61.0 Å². The van der Waals surface area contributed by atoms with Gasteiger partial charge < -0.3 is 9.73 Å². The summed E-state index contributed by atoms with van der Waals surface area (Å²) in [6, 6.07) is 24.3. The van der Waals surface area contributed by atoms with Gasteiger partial charge in [0.15, 0.2) is 0 Å². The minimum atomic E-state index is -3.70. The lowest BCUT2D eigenvalue weighted by atomic mass is 10.00. The molecule has 7 aromatic rings. The second kappa shape index (κ2) is 10.2. The lowest BCUT2D eigenvalue weighted by molar-refractivity contribution is 0.0964. The lowest BCUT2D eigenvalue weighted by Crippen LogP contribution is -2.25. The number of nitrogens with zero attached hydrogens (tertiary/aromatic N) is 5. The molecule has 4 aromatic heterocycles. The van der Waals surface area contributed by atoms with Crippen molar-refractivity contribution in [1.29, 1.82) is 5.26 Å². The van der Waals surface area contributed by atoms with Crippen molar-refractivity contribution < 1.29 is 17.6 Å². The van der Waals surface area contributed by atoms with Crippen LogP contribution in [-0.2, 0) is 10.0 Å². The maximum atomic E-state index is 13.3. The van der Waals surface area contributed by atoms with Crippen molar-refractivity contribution in [3.05, 3.63) is 95.8 Å². The van der Waals surface area contributed by atoms with Crippen LogP contribution in [0.3, 0.4) is 0 Å². The number of sulfonamides is 1. The van der Waals surface area contributed by atoms with Crippen LogP contribution in [-0.4, -0.2) is 49.0 Å². The van der Waals surface area contributed by atoms with E-state index in [9.17, 15) is 18.5 Å². The van der Waals surface area contributed by atoms with Crippen molar-refractivity contribution in [1.82, 2.24) is 19.7 Å². The number of anilines is 1. The molecule has 45 heavy (non-hydrogen) atoms. The van der Waals surface area contributed by atoms with Crippen LogP contribution in [0, 0.1) is 18.3 Å². The van der Waals surface area contributed by atoms with Gasteiger partial charge in [0.2, 0.25) is 10.0 Å². The summed E-state index contributed by atoms with van der Waals surface area (Å²) in [6.45, 7) is 1.97. The van der Waals surface area contributed by atoms with E-state index < -0.39 is 10.0 Å². The number of aromatic nitrogens is 3. The molecule has 0 spiro atoms. The second-order valence-corrected chi connectivity index (χ2v) is 12.9. The average molecular weight is 615 g/mol. The maximum Gasteiger partial charge on any atom is 0.255 e. The second-order valence-electron chi connectivity index (χ2n) is 10.9. The van der Waals surface area contributed by atoms with Crippen LogP contribution in [0.4, 0.5) is 5.69 Å². The monoisotopic (exact) mass is 614 g/mol. The van der Waals surface area contributed by atoms with Crippen molar-refractivity contribution in [2.75, 3.05) is 24.7 Å². The molecule has 0 aliphatic carbocycles. The molecule has 0 fully saturated rings. The Morgan fingerprint density at radius 2 is 1.80 bits per heavy atom. The highest BCUT2D eigenvalue weighted by molar-refractivity contribution is 7.92. The number of furan rings is 1. The average Bonchev–Trinajstić information content (AvgIpc) is 3.61. The molecule has 222 valence electrons. The number of carbonyl (C=O) groups excluding carboxylic acids is 1. The summed E-state index contributed by atoms with van der Waals surface area (Å²) < 4.78 is 35.0. The molecule has 0 saturated heterocycles. The summed E-state index contributed by atoms with van der Waals surface area (Å²) in [7, 11) is -0.684. The van der Waals surface area contributed by atoms with Crippen LogP contribution >= 0.6 is 0 Å². The van der Waals surface area contributed by atoms with Gasteiger partial charge in [-0.15, -0.1) is 0 Å². The highest BCUT2D eigenvalue weighted by Gasteiger charge is 2.26. The zero-order chi connectivity index (χ0) is 31.6. The fraction of sp³-hybridized carbons (Fsp3) is 0.118. The van der Waals surface area contributed by atoms with Gasteiger partial charge in [-0.1, -0.05) is 35.9 Å². The van der Waals surface area contributed by atoms with Gasteiger partial charge in [-0.2, -0.15) is 5.26 Å². The summed E-state index contributed by atoms with van der Waals surface area (Å²) in [6.07, 6.45) is 2.82. The van der Waals surface area contributed by atoms with Gasteiger partial charge in [0.05, 0.1) is 51.4 Å². The van der Waals surface area contributed by atoms with Crippen molar-refractivity contribution in [2.24, 2.45) is 0 Å². The number of amides is 1. The van der Waals surface area contributed by atoms with Gasteiger partial charge in [0.1, 0.15) is 23.2 Å². The summed E-state index contributed by atoms with van der Waals surface area (Å²) in [5.74, 6) is 0.0325. The number of fused-ring (bicyclic) bond motifs is 6. The molecule has 7 rings (SSSR count). The molecule has 0 aliphatic heterocycles. The standard InChI is InChI=1S/C34H26N6O4S/c1-19-8-10-20(11-9-19)33-31(34(41)36-2)24-14-23(28(16-30(24)44-33)39(3)45(4,42)43)25-12-13-26-32(38-25)29-15-22-21(17-35)6-5-7-27(22)40(29)18-37-26/h5-16,18H,1-4H3,(H,36,41). The van der Waals surface area contributed by atoms with Gasteiger partial charge in [-0.25, -0.2) is 18.4 Å². The highest BCUT2D eigenvalue weighted by atomic mass is 32.2. The number of aryl methyl sites for hydroxylation is 1. The number of benzene rings is 3. The van der Waals surface area contributed by atoms with Crippen LogP contribution < -0.4 is 9.62 Å². The van der Waals surface area contributed by atoms with Gasteiger partial charge in [-0.3, -0.25) is 13.5 Å². The molecule has 1 amide bonds. The predicted octanol–water partition coefficient (Wildman–Crippen LogP) is 6.05. The lowest BCUT2D eigenvalue weighted by Gasteiger charge is -2.20. The van der Waals surface area contributed by atoms with E-state index in [1.165, 1.54) is 11.4 Å². The molecule has 0 aliphatic rings. The summed E-state index contributed by atoms with van der Waals surface area (Å²) in [4.78, 5) is 22.9. The Bertz CT molecular complexity index is 2510. The minimum Gasteiger partial charge on any atom is -0.455 e. The van der Waals surface area contributed by atoms with Gasteiger partial charge in [-0.05, 0) is 43.3 Å². The van der Waals surface area contributed by atoms with E-state index in [0.29, 0.717) is 61.4 Å². The third-order valence-corrected chi connectivity index (χ3v) is 9.31. The SMILES string of the molecule is CNC(=O)c1c(-c2ccc(C)cc2)oc2cc(N(C)S(C)(=O)=O)c(-c3ccc4ncn5c6cccc(C#N)c6cc5c4n3)cc12. The van der Waals surface area contributed by atoms with E-state index >= 15 is 0 Å². The van der Waals surface area contributed by atoms with Crippen LogP contribution in [0.5, 0.6) is 0 Å². The maximum absolute atomic E-state index is 13.3. The molecule has 0 saturated carbocycles. The van der Waals surface area contributed by atoms with E-state index in [0.717, 1.165) is 28.2 Å². The Hall–Kier alpha value is -5.73. The largest absolute Gasteiger partial charge is 0.455 e. The number of rotatable bonds is 5. The normalized spacial score (nSPS) is 11.8. The van der Waals surface area contributed by atoms with Gasteiger partial charge in [0, 0.05) is 42.1 Å². The highest BCUT2D eigenvalue weighted by Crippen LogP contribution is 2.41. The number of hydrogen-bond donors (Lipinski definition) is 1. The van der Waals surface area contributed by atoms with Crippen molar-refractivity contribution in [3.63, 3.8) is 0 Å². The van der Waals surface area contributed by atoms with Crippen molar-refractivity contribution >= 4 is 60.0 Å². The first-order chi connectivity index (χ1) is 21.6. The van der Waals surface area contributed by atoms with Crippen molar-refractivity contribution in [2.45, 2.75) is 6.92 Å². The molecule has 3 aromatic carbocycles. The van der Waals surface area contributed by atoms with Gasteiger partial charge >= 0.3 is 0 Å². The van der Waals surface area contributed by atoms with Crippen LogP contribution in [0.2, 0.25) is 0 Å². The Kier molecular flexibility index (Phi) is 6.35. The van der Waals surface area contributed by atoms with Crippen LogP contribution in [0.1, 0.15) is 21.5 Å². The fourth-order valence-corrected chi connectivity index (χ4v) is 6.21. The molecule has 1 N–H and O–H groups in total. The first kappa shape index (κ1) is 28.1. The number of nitriles is 1. The first-order valence-electron chi connectivity index (χ1n) is 14.0. The molecule has 4 heterocycles. The topological polar surface area (TPSA) is 134 Å². The van der Waals surface area contributed by atoms with Gasteiger partial charge in [0.25, 0.3) is 5.91 Å². The number of carbonyl (C=O) groups is 1. The zero-order valence-corrected chi connectivity index (χ0v) is 25.6. The van der Waals surface area contributed by atoms with E-state index in [-0.39, 0.29) is 5.91 Å².